The van der Waals surface area contributed by atoms with Crippen LogP contribution in [-0.4, -0.2) is 0 Å². The van der Waals surface area contributed by atoms with Gasteiger partial charge in [0.05, 0.1) is 0 Å². The van der Waals surface area contributed by atoms with Crippen molar-refractivity contribution in [2.45, 2.75) is 13.8 Å². The summed E-state index contributed by atoms with van der Waals surface area (Å²) in [5.41, 5.74) is 2.36. The predicted octanol–water partition coefficient (Wildman–Crippen LogP) is 5.81. The van der Waals surface area contributed by atoms with Crippen molar-refractivity contribution in [3.63, 3.8) is 0 Å². The number of rotatable bonds is 2. The van der Waals surface area contributed by atoms with E-state index in [2.05, 4.69) is 61.3 Å². The van der Waals surface area contributed by atoms with Gasteiger partial charge in [-0.25, -0.2) is 0 Å². The summed E-state index contributed by atoms with van der Waals surface area (Å²) in [6, 6.07) is 8.77. The highest BCUT2D eigenvalue weighted by Gasteiger charge is 2.09. The average molecular weight is 324 g/mol. The Morgan fingerprint density at radius 1 is 0.952 bits per heavy atom. The van der Waals surface area contributed by atoms with E-state index >= 15 is 0 Å². The first-order valence-electron chi connectivity index (χ1n) is 6.40. The minimum absolute atomic E-state index is 0.991. The van der Waals surface area contributed by atoms with E-state index in [9.17, 15) is 0 Å². The molecule has 3 heterocycles. The lowest BCUT2D eigenvalue weighted by Gasteiger charge is -1.90. The van der Waals surface area contributed by atoms with Crippen molar-refractivity contribution in [3.8, 4) is 43.7 Å². The number of hydrogen-bond acceptors (Lipinski definition) is 3. The van der Waals surface area contributed by atoms with Crippen molar-refractivity contribution >= 4 is 34.0 Å². The van der Waals surface area contributed by atoms with Crippen LogP contribution in [0.15, 0.2) is 29.6 Å². The summed E-state index contributed by atoms with van der Waals surface area (Å²) in [5.74, 6) is 7.97. The summed E-state index contributed by atoms with van der Waals surface area (Å²) >= 11 is 5.40. The van der Waals surface area contributed by atoms with Gasteiger partial charge in [-0.3, -0.25) is 0 Å². The zero-order valence-corrected chi connectivity index (χ0v) is 14.1. The zero-order chi connectivity index (χ0) is 14.8. The Labute approximate surface area is 137 Å². The highest BCUT2D eigenvalue weighted by Crippen LogP contribution is 2.40. The largest absolute Gasteiger partial charge is 0.142 e. The summed E-state index contributed by atoms with van der Waals surface area (Å²) in [6.45, 7) is 4.34. The maximum absolute atomic E-state index is 5.16. The summed E-state index contributed by atoms with van der Waals surface area (Å²) in [5, 5.41) is 2.05. The lowest BCUT2D eigenvalue weighted by Crippen LogP contribution is -1.63. The third kappa shape index (κ3) is 2.96. The lowest BCUT2D eigenvalue weighted by atomic mass is 10.2. The molecule has 3 aromatic heterocycles. The van der Waals surface area contributed by atoms with Crippen molar-refractivity contribution in [1.29, 1.82) is 0 Å². The minimum Gasteiger partial charge on any atom is -0.142 e. The molecule has 0 radical (unpaired) electrons. The van der Waals surface area contributed by atoms with Gasteiger partial charge < -0.3 is 0 Å². The molecule has 0 bridgehead atoms. The van der Waals surface area contributed by atoms with Gasteiger partial charge >= 0.3 is 0 Å². The van der Waals surface area contributed by atoms with Gasteiger partial charge in [0.15, 0.2) is 0 Å². The number of thiophene rings is 3. The molecule has 3 rings (SSSR count). The molecular weight excluding hydrogens is 312 g/mol. The van der Waals surface area contributed by atoms with E-state index in [4.69, 9.17) is 6.42 Å². The van der Waals surface area contributed by atoms with E-state index in [0.29, 0.717) is 0 Å². The molecule has 3 aromatic rings. The summed E-state index contributed by atoms with van der Waals surface area (Å²) in [4.78, 5) is 6.61. The predicted molar refractivity (Wildman–Crippen MR) is 96.1 cm³/mol. The van der Waals surface area contributed by atoms with Crippen molar-refractivity contribution in [2.24, 2.45) is 0 Å². The van der Waals surface area contributed by atoms with Gasteiger partial charge in [-0.15, -0.1) is 40.4 Å². The van der Waals surface area contributed by atoms with Crippen LogP contribution >= 0.6 is 34.0 Å². The zero-order valence-electron chi connectivity index (χ0n) is 11.7. The molecule has 0 N–H and O–H groups in total. The van der Waals surface area contributed by atoms with Crippen LogP contribution in [0.3, 0.4) is 0 Å². The van der Waals surface area contributed by atoms with Crippen LogP contribution in [0, 0.1) is 38.0 Å². The van der Waals surface area contributed by atoms with Crippen LogP contribution < -0.4 is 0 Å². The molecule has 0 saturated heterocycles. The van der Waals surface area contributed by atoms with Crippen LogP contribution in [0.5, 0.6) is 0 Å². The monoisotopic (exact) mass is 324 g/mol. The van der Waals surface area contributed by atoms with E-state index < -0.39 is 0 Å². The van der Waals surface area contributed by atoms with Gasteiger partial charge in [0.1, 0.15) is 0 Å². The molecular formula is C18H12S3. The average Bonchev–Trinajstić information content (AvgIpc) is 3.17. The van der Waals surface area contributed by atoms with Gasteiger partial charge in [-0.05, 0) is 55.5 Å². The smallest absolute Gasteiger partial charge is 0.0455 e. The van der Waals surface area contributed by atoms with Crippen molar-refractivity contribution in [2.75, 3.05) is 0 Å². The molecule has 0 aliphatic heterocycles. The Morgan fingerprint density at radius 2 is 1.71 bits per heavy atom. The Bertz CT molecular complexity index is 865. The topological polar surface area (TPSA) is 0 Å². The second-order valence-electron chi connectivity index (χ2n) is 4.61. The van der Waals surface area contributed by atoms with Crippen molar-refractivity contribution in [3.05, 3.63) is 45.6 Å². The van der Waals surface area contributed by atoms with E-state index in [0.717, 1.165) is 5.56 Å². The lowest BCUT2D eigenvalue weighted by molar-refractivity contribution is 1.44. The molecule has 0 unspecified atom stereocenters. The molecule has 0 amide bonds. The van der Waals surface area contributed by atoms with E-state index in [1.165, 1.54) is 29.9 Å². The third-order valence-electron chi connectivity index (χ3n) is 3.14. The van der Waals surface area contributed by atoms with E-state index in [-0.39, 0.29) is 0 Å². The molecule has 0 saturated carbocycles. The molecule has 102 valence electrons. The maximum atomic E-state index is 5.16. The molecule has 0 aliphatic carbocycles. The van der Waals surface area contributed by atoms with Crippen LogP contribution in [-0.2, 0) is 0 Å². The quantitative estimate of drug-likeness (QED) is 0.522. The van der Waals surface area contributed by atoms with Gasteiger partial charge in [-0.2, -0.15) is 0 Å². The highest BCUT2D eigenvalue weighted by atomic mass is 32.1. The van der Waals surface area contributed by atoms with Gasteiger partial charge in [0, 0.05) is 35.3 Å². The van der Waals surface area contributed by atoms with Gasteiger partial charge in [0.25, 0.3) is 0 Å². The Hall–Kier alpha value is -1.78. The fourth-order valence-electron chi connectivity index (χ4n) is 1.94. The number of hydrogen-bond donors (Lipinski definition) is 0. The molecule has 0 spiro atoms. The Balaban J connectivity index is 1.91. The fraction of sp³-hybridized carbons (Fsp3) is 0.111. The molecule has 0 fully saturated rings. The molecule has 0 nitrogen and oxygen atoms in total. The maximum Gasteiger partial charge on any atom is 0.0455 e. The summed E-state index contributed by atoms with van der Waals surface area (Å²) in [7, 11) is 0. The minimum atomic E-state index is 0.991. The molecule has 0 atom stereocenters. The number of aryl methyl sites for hydroxylation is 2. The van der Waals surface area contributed by atoms with Crippen molar-refractivity contribution < 1.29 is 0 Å². The van der Waals surface area contributed by atoms with Crippen LogP contribution in [0.1, 0.15) is 16.0 Å². The van der Waals surface area contributed by atoms with E-state index in [1.54, 1.807) is 11.3 Å². The normalized spacial score (nSPS) is 9.95. The first-order valence-corrected chi connectivity index (χ1v) is 8.91. The highest BCUT2D eigenvalue weighted by molar-refractivity contribution is 7.26. The number of terminal acetylenes is 1. The SMILES string of the molecule is C#CC#Cc1csc(-c2ccc(-c3cc(C)c(C)s3)s2)c1. The Kier molecular flexibility index (Phi) is 3.99. The molecule has 21 heavy (non-hydrogen) atoms. The third-order valence-corrected chi connectivity index (χ3v) is 6.70. The second kappa shape index (κ2) is 5.92. The van der Waals surface area contributed by atoms with E-state index in [1.807, 2.05) is 22.7 Å². The summed E-state index contributed by atoms with van der Waals surface area (Å²) < 4.78 is 0. The fourth-order valence-corrected chi connectivity index (χ4v) is 5.00. The van der Waals surface area contributed by atoms with Gasteiger partial charge in [-0.1, -0.05) is 5.92 Å². The Morgan fingerprint density at radius 3 is 2.38 bits per heavy atom. The van der Waals surface area contributed by atoms with Crippen LogP contribution in [0.25, 0.3) is 19.5 Å². The second-order valence-corrected chi connectivity index (χ2v) is 7.86. The molecule has 0 aromatic carbocycles. The first kappa shape index (κ1) is 14.2. The van der Waals surface area contributed by atoms with Gasteiger partial charge in [0.2, 0.25) is 0 Å². The van der Waals surface area contributed by atoms with Crippen LogP contribution in [0.2, 0.25) is 0 Å². The first-order chi connectivity index (χ1) is 10.2. The molecule has 0 aliphatic rings. The van der Waals surface area contributed by atoms with Crippen LogP contribution in [0.4, 0.5) is 0 Å². The summed E-state index contributed by atoms with van der Waals surface area (Å²) in [6.07, 6.45) is 5.16. The van der Waals surface area contributed by atoms with Crippen molar-refractivity contribution in [1.82, 2.24) is 0 Å². The standard InChI is InChI=1S/C18H12S3/c1-4-5-6-14-10-17(19-11-14)15-7-8-16(21-15)18-9-12(2)13(3)20-18/h1,7-11H,2-3H3. The molecule has 3 heteroatoms.